The molecule has 1 aromatic heterocycles. The van der Waals surface area contributed by atoms with E-state index < -0.39 is 11.7 Å². The van der Waals surface area contributed by atoms with E-state index >= 15 is 0 Å². The lowest BCUT2D eigenvalue weighted by atomic mass is 10.1. The second-order valence-corrected chi connectivity index (χ2v) is 6.38. The number of carbonyl (C=O) groups is 1. The van der Waals surface area contributed by atoms with Crippen LogP contribution in [-0.4, -0.2) is 32.4 Å². The Morgan fingerprint density at radius 2 is 1.96 bits per heavy atom. The Hall–Kier alpha value is -2.88. The van der Waals surface area contributed by atoms with Crippen LogP contribution >= 0.6 is 11.8 Å². The average Bonchev–Trinajstić information content (AvgIpc) is 3.09. The van der Waals surface area contributed by atoms with Gasteiger partial charge in [0.2, 0.25) is 11.7 Å². The standard InChI is InChI=1S/C17H14F3N5OS/c1-27-14-7-3-6-13(9-14)21-15(26)10-25-23-16(22-24-25)11-4-2-5-12(8-11)17(18,19)20/h2-9H,10H2,1H3,(H,21,26). The summed E-state index contributed by atoms with van der Waals surface area (Å²) < 4.78 is 38.4. The number of nitrogens with zero attached hydrogens (tertiary/aromatic N) is 4. The highest BCUT2D eigenvalue weighted by atomic mass is 32.2. The second-order valence-electron chi connectivity index (χ2n) is 5.50. The van der Waals surface area contributed by atoms with Crippen LogP contribution in [0.3, 0.4) is 0 Å². The van der Waals surface area contributed by atoms with Crippen LogP contribution in [0.1, 0.15) is 5.56 Å². The van der Waals surface area contributed by atoms with Crippen molar-refractivity contribution in [1.82, 2.24) is 20.2 Å². The van der Waals surface area contributed by atoms with Crippen LogP contribution in [0.2, 0.25) is 0 Å². The SMILES string of the molecule is CSc1cccc(NC(=O)Cn2nnc(-c3cccc(C(F)(F)F)c3)n2)c1. The maximum atomic E-state index is 12.8. The number of benzene rings is 2. The van der Waals surface area contributed by atoms with Crippen LogP contribution in [-0.2, 0) is 17.5 Å². The molecule has 1 heterocycles. The van der Waals surface area contributed by atoms with E-state index in [1.54, 1.807) is 17.8 Å². The Labute approximate surface area is 156 Å². The number of amides is 1. The fourth-order valence-electron chi connectivity index (χ4n) is 2.29. The van der Waals surface area contributed by atoms with Crippen LogP contribution in [0.25, 0.3) is 11.4 Å². The highest BCUT2D eigenvalue weighted by molar-refractivity contribution is 7.98. The quantitative estimate of drug-likeness (QED) is 0.669. The van der Waals surface area contributed by atoms with E-state index in [0.29, 0.717) is 5.69 Å². The Morgan fingerprint density at radius 3 is 2.70 bits per heavy atom. The largest absolute Gasteiger partial charge is 0.416 e. The molecule has 2 aromatic carbocycles. The van der Waals surface area contributed by atoms with E-state index in [1.807, 2.05) is 24.5 Å². The summed E-state index contributed by atoms with van der Waals surface area (Å²) in [6, 6.07) is 11.9. The van der Waals surface area contributed by atoms with Crippen LogP contribution < -0.4 is 5.32 Å². The average molecular weight is 393 g/mol. The lowest BCUT2D eigenvalue weighted by molar-refractivity contribution is -0.137. The van der Waals surface area contributed by atoms with Gasteiger partial charge in [0.05, 0.1) is 5.56 Å². The molecule has 0 radical (unpaired) electrons. The highest BCUT2D eigenvalue weighted by Gasteiger charge is 2.30. The third-order valence-electron chi connectivity index (χ3n) is 3.54. The molecule has 0 fully saturated rings. The Balaban J connectivity index is 1.70. The molecule has 0 aliphatic carbocycles. The lowest BCUT2D eigenvalue weighted by Crippen LogP contribution is -2.20. The van der Waals surface area contributed by atoms with Crippen molar-refractivity contribution >= 4 is 23.4 Å². The van der Waals surface area contributed by atoms with Crippen molar-refractivity contribution in [2.45, 2.75) is 17.6 Å². The van der Waals surface area contributed by atoms with Gasteiger partial charge in [0, 0.05) is 16.1 Å². The van der Waals surface area contributed by atoms with Crippen molar-refractivity contribution in [2.24, 2.45) is 0 Å². The zero-order valence-electron chi connectivity index (χ0n) is 14.1. The smallest absolute Gasteiger partial charge is 0.324 e. The Kier molecular flexibility index (Phi) is 5.45. The van der Waals surface area contributed by atoms with Gasteiger partial charge in [0.25, 0.3) is 0 Å². The molecule has 3 aromatic rings. The number of rotatable bonds is 5. The fourth-order valence-corrected chi connectivity index (χ4v) is 2.75. The first-order valence-electron chi connectivity index (χ1n) is 7.74. The third kappa shape index (κ3) is 4.85. The van der Waals surface area contributed by atoms with Gasteiger partial charge in [-0.3, -0.25) is 4.79 Å². The molecule has 0 aliphatic heterocycles. The number of alkyl halides is 3. The summed E-state index contributed by atoms with van der Waals surface area (Å²) in [7, 11) is 0. The van der Waals surface area contributed by atoms with Gasteiger partial charge in [-0.2, -0.15) is 18.0 Å². The van der Waals surface area contributed by atoms with Gasteiger partial charge < -0.3 is 5.32 Å². The van der Waals surface area contributed by atoms with E-state index in [2.05, 4.69) is 20.7 Å². The number of aromatic nitrogens is 4. The van der Waals surface area contributed by atoms with Gasteiger partial charge in [0.15, 0.2) is 0 Å². The summed E-state index contributed by atoms with van der Waals surface area (Å²) in [5, 5.41) is 14.2. The van der Waals surface area contributed by atoms with E-state index in [4.69, 9.17) is 0 Å². The molecule has 0 atom stereocenters. The van der Waals surface area contributed by atoms with Crippen molar-refractivity contribution in [3.05, 3.63) is 54.1 Å². The third-order valence-corrected chi connectivity index (χ3v) is 4.26. The molecule has 0 saturated heterocycles. The number of hydrogen-bond donors (Lipinski definition) is 1. The van der Waals surface area contributed by atoms with Crippen molar-refractivity contribution in [1.29, 1.82) is 0 Å². The zero-order chi connectivity index (χ0) is 19.4. The number of halogens is 3. The first-order chi connectivity index (χ1) is 12.8. The molecule has 1 amide bonds. The normalized spacial score (nSPS) is 11.4. The second kappa shape index (κ2) is 7.78. The molecule has 10 heteroatoms. The zero-order valence-corrected chi connectivity index (χ0v) is 14.9. The van der Waals surface area contributed by atoms with Crippen molar-refractivity contribution < 1.29 is 18.0 Å². The van der Waals surface area contributed by atoms with Gasteiger partial charge in [-0.05, 0) is 41.8 Å². The summed E-state index contributed by atoms with van der Waals surface area (Å²) in [5.74, 6) is -0.362. The van der Waals surface area contributed by atoms with Gasteiger partial charge in [-0.15, -0.1) is 22.0 Å². The molecule has 27 heavy (non-hydrogen) atoms. The van der Waals surface area contributed by atoms with Gasteiger partial charge >= 0.3 is 6.18 Å². The fraction of sp³-hybridized carbons (Fsp3) is 0.176. The number of hydrogen-bond acceptors (Lipinski definition) is 5. The molecule has 140 valence electrons. The Bertz CT molecular complexity index is 957. The summed E-state index contributed by atoms with van der Waals surface area (Å²) in [6.07, 6.45) is -2.53. The summed E-state index contributed by atoms with van der Waals surface area (Å²) >= 11 is 1.55. The minimum Gasteiger partial charge on any atom is -0.324 e. The molecule has 0 bridgehead atoms. The van der Waals surface area contributed by atoms with Crippen LogP contribution in [0, 0.1) is 0 Å². The van der Waals surface area contributed by atoms with Crippen molar-refractivity contribution in [3.8, 4) is 11.4 Å². The van der Waals surface area contributed by atoms with E-state index in [1.165, 1.54) is 12.1 Å². The predicted molar refractivity (Wildman–Crippen MR) is 95.1 cm³/mol. The van der Waals surface area contributed by atoms with E-state index in [-0.39, 0.29) is 23.8 Å². The number of nitrogens with one attached hydrogen (secondary N) is 1. The minimum absolute atomic E-state index is 0.0123. The predicted octanol–water partition coefficient (Wildman–Crippen LogP) is 3.72. The molecule has 3 rings (SSSR count). The molecule has 6 nitrogen and oxygen atoms in total. The number of anilines is 1. The Morgan fingerprint density at radius 1 is 1.19 bits per heavy atom. The number of thioether (sulfide) groups is 1. The highest BCUT2D eigenvalue weighted by Crippen LogP contribution is 2.31. The molecular formula is C17H14F3N5OS. The van der Waals surface area contributed by atoms with Crippen molar-refractivity contribution in [2.75, 3.05) is 11.6 Å². The minimum atomic E-state index is -4.46. The van der Waals surface area contributed by atoms with E-state index in [9.17, 15) is 18.0 Å². The number of carbonyl (C=O) groups excluding carboxylic acids is 1. The lowest BCUT2D eigenvalue weighted by Gasteiger charge is -2.06. The van der Waals surface area contributed by atoms with Crippen LogP contribution in [0.15, 0.2) is 53.4 Å². The summed E-state index contributed by atoms with van der Waals surface area (Å²) in [6.45, 7) is -0.213. The molecule has 0 aliphatic rings. The number of tetrazole rings is 1. The van der Waals surface area contributed by atoms with Crippen LogP contribution in [0.4, 0.5) is 18.9 Å². The van der Waals surface area contributed by atoms with Gasteiger partial charge in [0.1, 0.15) is 6.54 Å². The maximum absolute atomic E-state index is 12.8. The summed E-state index contributed by atoms with van der Waals surface area (Å²) in [4.78, 5) is 14.1. The van der Waals surface area contributed by atoms with E-state index in [0.717, 1.165) is 21.8 Å². The van der Waals surface area contributed by atoms with Gasteiger partial charge in [-0.1, -0.05) is 18.2 Å². The molecular weight excluding hydrogens is 379 g/mol. The molecule has 0 spiro atoms. The molecule has 0 unspecified atom stereocenters. The molecule has 0 saturated carbocycles. The monoisotopic (exact) mass is 393 g/mol. The topological polar surface area (TPSA) is 72.7 Å². The maximum Gasteiger partial charge on any atom is 0.416 e. The van der Waals surface area contributed by atoms with Crippen molar-refractivity contribution in [3.63, 3.8) is 0 Å². The first kappa shape index (κ1) is 18.9. The van der Waals surface area contributed by atoms with Crippen LogP contribution in [0.5, 0.6) is 0 Å². The first-order valence-corrected chi connectivity index (χ1v) is 8.97. The molecule has 1 N–H and O–H groups in total. The van der Waals surface area contributed by atoms with Gasteiger partial charge in [-0.25, -0.2) is 0 Å². The summed E-state index contributed by atoms with van der Waals surface area (Å²) in [5.41, 5.74) is -0.00279.